The van der Waals surface area contributed by atoms with Crippen LogP contribution < -0.4 is 0 Å². The Kier molecular flexibility index (Phi) is 4.01. The van der Waals surface area contributed by atoms with Gasteiger partial charge in [-0.2, -0.15) is 0 Å². The summed E-state index contributed by atoms with van der Waals surface area (Å²) >= 11 is 0. The molecule has 0 radical (unpaired) electrons. The van der Waals surface area contributed by atoms with Crippen LogP contribution in [-0.4, -0.2) is 17.2 Å². The monoisotopic (exact) mass is 204 g/mol. The van der Waals surface area contributed by atoms with Crippen molar-refractivity contribution < 1.29 is 0 Å². The summed E-state index contributed by atoms with van der Waals surface area (Å²) in [4.78, 5) is 9.00. The standard InChI is InChI=1S/C13H20N2/c1-6-14-10(4)12-7-8-13(9(2)3)15-11(12)5/h7-9H,6H2,1-5H3. The summed E-state index contributed by atoms with van der Waals surface area (Å²) in [5, 5.41) is 0. The molecular formula is C13H20N2. The van der Waals surface area contributed by atoms with E-state index in [1.807, 2.05) is 6.92 Å². The lowest BCUT2D eigenvalue weighted by atomic mass is 10.1. The van der Waals surface area contributed by atoms with Gasteiger partial charge in [0.15, 0.2) is 0 Å². The van der Waals surface area contributed by atoms with Crippen LogP contribution in [-0.2, 0) is 0 Å². The number of pyridine rings is 1. The summed E-state index contributed by atoms with van der Waals surface area (Å²) in [5.41, 5.74) is 4.48. The van der Waals surface area contributed by atoms with E-state index in [0.29, 0.717) is 5.92 Å². The van der Waals surface area contributed by atoms with E-state index in [-0.39, 0.29) is 0 Å². The molecule has 82 valence electrons. The van der Waals surface area contributed by atoms with Gasteiger partial charge >= 0.3 is 0 Å². The number of rotatable bonds is 3. The predicted molar refractivity (Wildman–Crippen MR) is 65.8 cm³/mol. The molecule has 15 heavy (non-hydrogen) atoms. The van der Waals surface area contributed by atoms with E-state index in [0.717, 1.165) is 23.6 Å². The van der Waals surface area contributed by atoms with Gasteiger partial charge in [0.05, 0.1) is 0 Å². The van der Waals surface area contributed by atoms with Crippen molar-refractivity contribution in [3.8, 4) is 0 Å². The van der Waals surface area contributed by atoms with Crippen molar-refractivity contribution in [1.29, 1.82) is 0 Å². The van der Waals surface area contributed by atoms with Crippen LogP contribution in [0.2, 0.25) is 0 Å². The first-order valence-electron chi connectivity index (χ1n) is 5.55. The lowest BCUT2D eigenvalue weighted by Crippen LogP contribution is -2.04. The fraction of sp³-hybridized carbons (Fsp3) is 0.538. The van der Waals surface area contributed by atoms with Gasteiger partial charge in [0.2, 0.25) is 0 Å². The van der Waals surface area contributed by atoms with Crippen LogP contribution in [0, 0.1) is 6.92 Å². The minimum atomic E-state index is 0.487. The van der Waals surface area contributed by atoms with Crippen molar-refractivity contribution in [1.82, 2.24) is 4.98 Å². The zero-order valence-electron chi connectivity index (χ0n) is 10.3. The summed E-state index contributed by atoms with van der Waals surface area (Å²) in [6.07, 6.45) is 0. The molecule has 0 N–H and O–H groups in total. The minimum Gasteiger partial charge on any atom is -0.290 e. The predicted octanol–water partition coefficient (Wildman–Crippen LogP) is 3.34. The Morgan fingerprint density at radius 1 is 1.40 bits per heavy atom. The highest BCUT2D eigenvalue weighted by molar-refractivity contribution is 5.99. The third-order valence-corrected chi connectivity index (χ3v) is 2.48. The molecule has 0 aromatic carbocycles. The first-order valence-corrected chi connectivity index (χ1v) is 5.55. The quantitative estimate of drug-likeness (QED) is 0.693. The fourth-order valence-electron chi connectivity index (χ4n) is 1.61. The molecule has 0 saturated carbocycles. The van der Waals surface area contributed by atoms with Gasteiger partial charge in [-0.05, 0) is 38.8 Å². The molecular weight excluding hydrogens is 184 g/mol. The second kappa shape index (κ2) is 5.06. The third kappa shape index (κ3) is 2.88. The zero-order valence-corrected chi connectivity index (χ0v) is 10.3. The third-order valence-electron chi connectivity index (χ3n) is 2.48. The van der Waals surface area contributed by atoms with E-state index in [9.17, 15) is 0 Å². The zero-order chi connectivity index (χ0) is 11.4. The molecule has 0 amide bonds. The molecule has 0 bridgehead atoms. The van der Waals surface area contributed by atoms with Crippen molar-refractivity contribution in [2.75, 3.05) is 6.54 Å². The number of nitrogens with zero attached hydrogens (tertiary/aromatic N) is 2. The Morgan fingerprint density at radius 2 is 2.07 bits per heavy atom. The van der Waals surface area contributed by atoms with Gasteiger partial charge in [0, 0.05) is 29.2 Å². The highest BCUT2D eigenvalue weighted by Gasteiger charge is 2.06. The van der Waals surface area contributed by atoms with Gasteiger partial charge in [-0.1, -0.05) is 13.8 Å². The van der Waals surface area contributed by atoms with Gasteiger partial charge in [-0.3, -0.25) is 9.98 Å². The van der Waals surface area contributed by atoms with Crippen molar-refractivity contribution in [2.45, 2.75) is 40.5 Å². The molecule has 0 aliphatic carbocycles. The topological polar surface area (TPSA) is 25.2 Å². The van der Waals surface area contributed by atoms with E-state index in [2.05, 4.69) is 49.8 Å². The molecule has 1 rings (SSSR count). The van der Waals surface area contributed by atoms with Crippen LogP contribution in [0.15, 0.2) is 17.1 Å². The number of aryl methyl sites for hydroxylation is 1. The first kappa shape index (κ1) is 11.9. The van der Waals surface area contributed by atoms with Crippen LogP contribution in [0.5, 0.6) is 0 Å². The van der Waals surface area contributed by atoms with Gasteiger partial charge < -0.3 is 0 Å². The normalized spacial score (nSPS) is 12.3. The second-order valence-corrected chi connectivity index (χ2v) is 4.08. The summed E-state index contributed by atoms with van der Waals surface area (Å²) in [7, 11) is 0. The molecule has 0 spiro atoms. The number of hydrogen-bond donors (Lipinski definition) is 0. The van der Waals surface area contributed by atoms with Crippen molar-refractivity contribution >= 4 is 5.71 Å². The first-order chi connectivity index (χ1) is 7.06. The van der Waals surface area contributed by atoms with Crippen LogP contribution in [0.1, 0.15) is 50.6 Å². The Labute approximate surface area is 92.5 Å². The van der Waals surface area contributed by atoms with Gasteiger partial charge in [-0.25, -0.2) is 0 Å². The largest absolute Gasteiger partial charge is 0.290 e. The Bertz CT molecular complexity index is 365. The maximum atomic E-state index is 4.60. The molecule has 0 unspecified atom stereocenters. The van der Waals surface area contributed by atoms with Crippen molar-refractivity contribution in [3.63, 3.8) is 0 Å². The van der Waals surface area contributed by atoms with Gasteiger partial charge in [0.25, 0.3) is 0 Å². The Morgan fingerprint density at radius 3 is 2.53 bits per heavy atom. The van der Waals surface area contributed by atoms with Crippen LogP contribution in [0.25, 0.3) is 0 Å². The van der Waals surface area contributed by atoms with E-state index in [4.69, 9.17) is 0 Å². The SMILES string of the molecule is CCN=C(C)c1ccc(C(C)C)nc1C. The lowest BCUT2D eigenvalue weighted by Gasteiger charge is -2.09. The van der Waals surface area contributed by atoms with E-state index in [1.165, 1.54) is 5.56 Å². The Balaban J connectivity index is 3.08. The van der Waals surface area contributed by atoms with E-state index < -0.39 is 0 Å². The number of hydrogen-bond acceptors (Lipinski definition) is 2. The van der Waals surface area contributed by atoms with Crippen LogP contribution in [0.4, 0.5) is 0 Å². The van der Waals surface area contributed by atoms with Gasteiger partial charge in [0.1, 0.15) is 0 Å². The highest BCUT2D eigenvalue weighted by Crippen LogP contribution is 2.15. The molecule has 0 aliphatic rings. The summed E-state index contributed by atoms with van der Waals surface area (Å²) in [5.74, 6) is 0.487. The summed E-state index contributed by atoms with van der Waals surface area (Å²) in [6, 6.07) is 4.23. The number of aromatic nitrogens is 1. The average molecular weight is 204 g/mol. The summed E-state index contributed by atoms with van der Waals surface area (Å²) in [6.45, 7) is 11.3. The minimum absolute atomic E-state index is 0.487. The molecule has 0 fully saturated rings. The fourth-order valence-corrected chi connectivity index (χ4v) is 1.61. The molecule has 0 aliphatic heterocycles. The molecule has 2 nitrogen and oxygen atoms in total. The number of aliphatic imine (C=N–C) groups is 1. The van der Waals surface area contributed by atoms with Crippen LogP contribution >= 0.6 is 0 Å². The molecule has 0 saturated heterocycles. The second-order valence-electron chi connectivity index (χ2n) is 4.08. The highest BCUT2D eigenvalue weighted by atomic mass is 14.7. The van der Waals surface area contributed by atoms with Gasteiger partial charge in [-0.15, -0.1) is 0 Å². The van der Waals surface area contributed by atoms with Crippen molar-refractivity contribution in [2.24, 2.45) is 4.99 Å². The molecule has 1 heterocycles. The molecule has 1 aromatic heterocycles. The Hall–Kier alpha value is -1.18. The van der Waals surface area contributed by atoms with Crippen LogP contribution in [0.3, 0.4) is 0 Å². The molecule has 2 heteroatoms. The summed E-state index contributed by atoms with van der Waals surface area (Å²) < 4.78 is 0. The van der Waals surface area contributed by atoms with Crippen molar-refractivity contribution in [3.05, 3.63) is 29.1 Å². The smallest absolute Gasteiger partial charge is 0.0466 e. The average Bonchev–Trinajstić information content (AvgIpc) is 2.17. The van der Waals surface area contributed by atoms with E-state index >= 15 is 0 Å². The maximum absolute atomic E-state index is 4.60. The van der Waals surface area contributed by atoms with E-state index in [1.54, 1.807) is 0 Å². The molecule has 0 atom stereocenters. The molecule has 1 aromatic rings. The lowest BCUT2D eigenvalue weighted by molar-refractivity contribution is 0.814. The maximum Gasteiger partial charge on any atom is 0.0466 e.